The van der Waals surface area contributed by atoms with Crippen molar-refractivity contribution in [3.05, 3.63) is 29.8 Å². The molecule has 1 aromatic carbocycles. The van der Waals surface area contributed by atoms with Gasteiger partial charge in [-0.05, 0) is 39.3 Å². The number of methoxy groups -OCH3 is 1. The Bertz CT molecular complexity index is 407. The van der Waals surface area contributed by atoms with Crippen molar-refractivity contribution in [1.82, 2.24) is 5.32 Å². The number of hydrogen-bond acceptors (Lipinski definition) is 3. The summed E-state index contributed by atoms with van der Waals surface area (Å²) in [6.45, 7) is 5.21. The van der Waals surface area contributed by atoms with E-state index in [1.54, 1.807) is 7.11 Å². The summed E-state index contributed by atoms with van der Waals surface area (Å²) in [6, 6.07) is 10.2. The van der Waals surface area contributed by atoms with E-state index in [1.165, 1.54) is 0 Å². The molecule has 0 atom stereocenters. The molecule has 0 spiro atoms. The third kappa shape index (κ3) is 4.05. The van der Waals surface area contributed by atoms with E-state index in [2.05, 4.69) is 31.3 Å². The van der Waals surface area contributed by atoms with Gasteiger partial charge in [0.25, 0.3) is 0 Å². The third-order valence-electron chi connectivity index (χ3n) is 3.06. The molecule has 0 aliphatic heterocycles. The molecule has 1 N–H and O–H groups in total. The van der Waals surface area contributed by atoms with Gasteiger partial charge in [0.1, 0.15) is 5.75 Å². The Morgan fingerprint density at radius 1 is 1.28 bits per heavy atom. The smallest absolute Gasteiger partial charge is 0.123 e. The molecule has 1 rings (SSSR count). The Kier molecular flexibility index (Phi) is 5.67. The van der Waals surface area contributed by atoms with Crippen LogP contribution in [0.4, 0.5) is 0 Å². The predicted octanol–water partition coefficient (Wildman–Crippen LogP) is 3.21. The number of nitrogens with one attached hydrogen (secondary N) is 1. The van der Waals surface area contributed by atoms with Gasteiger partial charge >= 0.3 is 0 Å². The van der Waals surface area contributed by atoms with Gasteiger partial charge < -0.3 is 10.1 Å². The molecule has 0 radical (unpaired) electrons. The average molecular weight is 246 g/mol. The van der Waals surface area contributed by atoms with Crippen molar-refractivity contribution >= 4 is 0 Å². The molecule has 3 nitrogen and oxygen atoms in total. The van der Waals surface area contributed by atoms with E-state index < -0.39 is 0 Å². The molecular weight excluding hydrogens is 224 g/mol. The zero-order chi connectivity index (χ0) is 13.4. The second kappa shape index (κ2) is 7.03. The lowest BCUT2D eigenvalue weighted by Gasteiger charge is -2.28. The lowest BCUT2D eigenvalue weighted by Crippen LogP contribution is -2.37. The maximum absolute atomic E-state index is 8.48. The quantitative estimate of drug-likeness (QED) is 0.751. The van der Waals surface area contributed by atoms with E-state index in [9.17, 15) is 0 Å². The SMILES string of the molecule is COc1ccccc1C(C)(C)NCCCCC#N. The maximum atomic E-state index is 8.48. The van der Waals surface area contributed by atoms with Gasteiger partial charge in [-0.3, -0.25) is 0 Å². The van der Waals surface area contributed by atoms with Gasteiger partial charge in [0.15, 0.2) is 0 Å². The topological polar surface area (TPSA) is 45.0 Å². The normalized spacial score (nSPS) is 11.0. The first kappa shape index (κ1) is 14.5. The second-order valence-electron chi connectivity index (χ2n) is 4.87. The Morgan fingerprint density at radius 3 is 2.67 bits per heavy atom. The largest absolute Gasteiger partial charge is 0.496 e. The number of rotatable bonds is 7. The highest BCUT2D eigenvalue weighted by Crippen LogP contribution is 2.29. The minimum absolute atomic E-state index is 0.126. The zero-order valence-corrected chi connectivity index (χ0v) is 11.5. The van der Waals surface area contributed by atoms with Gasteiger partial charge in [0.2, 0.25) is 0 Å². The highest BCUT2D eigenvalue weighted by atomic mass is 16.5. The van der Waals surface area contributed by atoms with Crippen LogP contribution in [0.3, 0.4) is 0 Å². The molecular formula is C15H22N2O. The number of ether oxygens (including phenoxy) is 1. The number of benzene rings is 1. The van der Waals surface area contributed by atoms with Crippen LogP contribution in [-0.2, 0) is 5.54 Å². The maximum Gasteiger partial charge on any atom is 0.123 e. The molecule has 0 unspecified atom stereocenters. The lowest BCUT2D eigenvalue weighted by molar-refractivity contribution is 0.358. The second-order valence-corrected chi connectivity index (χ2v) is 4.87. The van der Waals surface area contributed by atoms with Gasteiger partial charge in [0.05, 0.1) is 13.2 Å². The van der Waals surface area contributed by atoms with Crippen molar-refractivity contribution in [2.24, 2.45) is 0 Å². The Hall–Kier alpha value is -1.53. The molecule has 3 heteroatoms. The highest BCUT2D eigenvalue weighted by molar-refractivity contribution is 5.38. The highest BCUT2D eigenvalue weighted by Gasteiger charge is 2.22. The van der Waals surface area contributed by atoms with Crippen LogP contribution in [0.1, 0.15) is 38.7 Å². The van der Waals surface area contributed by atoms with Crippen LogP contribution in [0.5, 0.6) is 5.75 Å². The van der Waals surface area contributed by atoms with Gasteiger partial charge in [-0.2, -0.15) is 5.26 Å². The summed E-state index contributed by atoms with van der Waals surface area (Å²) in [5, 5.41) is 12.0. The summed E-state index contributed by atoms with van der Waals surface area (Å²) in [5.41, 5.74) is 1.03. The summed E-state index contributed by atoms with van der Waals surface area (Å²) in [7, 11) is 1.70. The molecule has 0 heterocycles. The van der Waals surface area contributed by atoms with Gasteiger partial charge in [-0.15, -0.1) is 0 Å². The van der Waals surface area contributed by atoms with E-state index in [0.717, 1.165) is 30.7 Å². The predicted molar refractivity (Wildman–Crippen MR) is 73.5 cm³/mol. The molecule has 18 heavy (non-hydrogen) atoms. The number of nitrogens with zero attached hydrogens (tertiary/aromatic N) is 1. The summed E-state index contributed by atoms with van der Waals surface area (Å²) in [4.78, 5) is 0. The van der Waals surface area contributed by atoms with Crippen LogP contribution in [0, 0.1) is 11.3 Å². The van der Waals surface area contributed by atoms with E-state index >= 15 is 0 Å². The van der Waals surface area contributed by atoms with Crippen LogP contribution >= 0.6 is 0 Å². The Balaban J connectivity index is 2.59. The zero-order valence-electron chi connectivity index (χ0n) is 11.5. The fraction of sp³-hybridized carbons (Fsp3) is 0.533. The molecule has 1 aromatic rings. The van der Waals surface area contributed by atoms with E-state index in [-0.39, 0.29) is 5.54 Å². The minimum atomic E-state index is -0.126. The Morgan fingerprint density at radius 2 is 2.00 bits per heavy atom. The average Bonchev–Trinajstić information content (AvgIpc) is 2.38. The van der Waals surface area contributed by atoms with Crippen molar-refractivity contribution in [3.63, 3.8) is 0 Å². The summed E-state index contributed by atoms with van der Waals surface area (Å²) in [6.07, 6.45) is 2.61. The number of nitriles is 1. The number of hydrogen-bond donors (Lipinski definition) is 1. The number of unbranched alkanes of at least 4 members (excludes halogenated alkanes) is 2. The fourth-order valence-corrected chi connectivity index (χ4v) is 1.99. The van der Waals surface area contributed by atoms with Crippen LogP contribution in [0.25, 0.3) is 0 Å². The summed E-state index contributed by atoms with van der Waals surface area (Å²) < 4.78 is 5.39. The van der Waals surface area contributed by atoms with Crippen molar-refractivity contribution in [2.75, 3.05) is 13.7 Å². The molecule has 0 aliphatic carbocycles. The van der Waals surface area contributed by atoms with Gasteiger partial charge in [-0.1, -0.05) is 18.2 Å². The lowest BCUT2D eigenvalue weighted by atomic mass is 9.93. The molecule has 0 saturated heterocycles. The van der Waals surface area contributed by atoms with Crippen LogP contribution < -0.4 is 10.1 Å². The first-order valence-corrected chi connectivity index (χ1v) is 6.37. The molecule has 0 fully saturated rings. The minimum Gasteiger partial charge on any atom is -0.496 e. The molecule has 0 saturated carbocycles. The van der Waals surface area contributed by atoms with Crippen LogP contribution in [-0.4, -0.2) is 13.7 Å². The molecule has 0 aliphatic rings. The molecule has 98 valence electrons. The van der Waals surface area contributed by atoms with Crippen LogP contribution in [0.15, 0.2) is 24.3 Å². The molecule has 0 aromatic heterocycles. The van der Waals surface area contributed by atoms with Crippen molar-refractivity contribution in [3.8, 4) is 11.8 Å². The molecule has 0 bridgehead atoms. The van der Waals surface area contributed by atoms with Crippen molar-refractivity contribution in [1.29, 1.82) is 5.26 Å². The first-order valence-electron chi connectivity index (χ1n) is 6.37. The standard InChI is InChI=1S/C15H22N2O/c1-15(2,17-12-8-4-7-11-16)13-9-5-6-10-14(13)18-3/h5-6,9-10,17H,4,7-8,12H2,1-3H3. The molecule has 0 amide bonds. The van der Waals surface area contributed by atoms with Gasteiger partial charge in [-0.25, -0.2) is 0 Å². The van der Waals surface area contributed by atoms with Crippen molar-refractivity contribution in [2.45, 2.75) is 38.6 Å². The summed E-state index contributed by atoms with van der Waals surface area (Å²) >= 11 is 0. The summed E-state index contributed by atoms with van der Waals surface area (Å²) in [5.74, 6) is 0.909. The fourth-order valence-electron chi connectivity index (χ4n) is 1.99. The monoisotopic (exact) mass is 246 g/mol. The number of para-hydroxylation sites is 1. The van der Waals surface area contributed by atoms with Crippen molar-refractivity contribution < 1.29 is 4.74 Å². The van der Waals surface area contributed by atoms with E-state index in [4.69, 9.17) is 10.00 Å². The van der Waals surface area contributed by atoms with E-state index in [0.29, 0.717) is 6.42 Å². The van der Waals surface area contributed by atoms with Gasteiger partial charge in [0, 0.05) is 17.5 Å². The van der Waals surface area contributed by atoms with Crippen LogP contribution in [0.2, 0.25) is 0 Å². The first-order chi connectivity index (χ1) is 8.61. The Labute approximate surface area is 110 Å². The van der Waals surface area contributed by atoms with E-state index in [1.807, 2.05) is 18.2 Å². The third-order valence-corrected chi connectivity index (χ3v) is 3.06.